The molecule has 1 rings (SSSR count). The third-order valence-corrected chi connectivity index (χ3v) is 2.84. The molecule has 1 heterocycles. The molecule has 1 aliphatic rings. The van der Waals surface area contributed by atoms with Crippen molar-refractivity contribution in [2.45, 2.75) is 32.7 Å². The van der Waals surface area contributed by atoms with Crippen molar-refractivity contribution in [3.8, 4) is 0 Å². The molecule has 6 nitrogen and oxygen atoms in total. The van der Waals surface area contributed by atoms with Crippen LogP contribution in [0.3, 0.4) is 0 Å². The van der Waals surface area contributed by atoms with Crippen molar-refractivity contribution < 1.29 is 14.4 Å². The quantitative estimate of drug-likeness (QED) is 0.677. The lowest BCUT2D eigenvalue weighted by Crippen LogP contribution is -2.47. The first-order chi connectivity index (χ1) is 7.93. The summed E-state index contributed by atoms with van der Waals surface area (Å²) in [5.74, 6) is -1.06. The summed E-state index contributed by atoms with van der Waals surface area (Å²) in [6.07, 6.45) is 1.39. The van der Waals surface area contributed by atoms with Crippen molar-refractivity contribution in [2.75, 3.05) is 13.1 Å². The number of primary amides is 1. The van der Waals surface area contributed by atoms with Crippen LogP contribution in [0.1, 0.15) is 26.7 Å². The maximum absolute atomic E-state index is 11.8. The van der Waals surface area contributed by atoms with Crippen LogP contribution in [0.25, 0.3) is 0 Å². The minimum atomic E-state index is -0.515. The van der Waals surface area contributed by atoms with E-state index in [0.29, 0.717) is 13.0 Å². The van der Waals surface area contributed by atoms with E-state index < -0.39 is 11.9 Å². The van der Waals surface area contributed by atoms with Crippen molar-refractivity contribution in [3.05, 3.63) is 0 Å². The summed E-state index contributed by atoms with van der Waals surface area (Å²) >= 11 is 0. The number of rotatable bonds is 4. The third-order valence-electron chi connectivity index (χ3n) is 2.84. The molecule has 3 amide bonds. The first-order valence-electron chi connectivity index (χ1n) is 5.80. The van der Waals surface area contributed by atoms with Crippen molar-refractivity contribution in [1.82, 2.24) is 10.2 Å². The van der Waals surface area contributed by atoms with Crippen molar-refractivity contribution in [2.24, 2.45) is 11.7 Å². The van der Waals surface area contributed by atoms with Gasteiger partial charge in [0.05, 0.1) is 6.54 Å². The third kappa shape index (κ3) is 3.44. The zero-order chi connectivity index (χ0) is 13.0. The maximum Gasteiger partial charge on any atom is 0.242 e. The van der Waals surface area contributed by atoms with Crippen molar-refractivity contribution in [1.29, 1.82) is 0 Å². The molecular weight excluding hydrogens is 222 g/mol. The molecule has 3 N–H and O–H groups in total. The summed E-state index contributed by atoms with van der Waals surface area (Å²) in [7, 11) is 0. The van der Waals surface area contributed by atoms with Crippen LogP contribution in [0.4, 0.5) is 0 Å². The molecule has 0 bridgehead atoms. The molecule has 0 aliphatic carbocycles. The van der Waals surface area contributed by atoms with E-state index in [2.05, 4.69) is 5.32 Å². The topological polar surface area (TPSA) is 92.5 Å². The SMILES string of the molecule is CC(C)C(=O)NCC(=O)N1CCCC1C(N)=O. The van der Waals surface area contributed by atoms with E-state index in [9.17, 15) is 14.4 Å². The molecule has 0 aromatic heterocycles. The predicted molar refractivity (Wildman–Crippen MR) is 61.8 cm³/mol. The number of nitrogens with zero attached hydrogens (tertiary/aromatic N) is 1. The molecule has 1 saturated heterocycles. The summed E-state index contributed by atoms with van der Waals surface area (Å²) < 4.78 is 0. The molecule has 0 saturated carbocycles. The molecule has 0 spiro atoms. The Bertz CT molecular complexity index is 328. The maximum atomic E-state index is 11.8. The summed E-state index contributed by atoms with van der Waals surface area (Å²) in [5.41, 5.74) is 5.21. The van der Waals surface area contributed by atoms with E-state index in [1.54, 1.807) is 13.8 Å². The van der Waals surface area contributed by atoms with Gasteiger partial charge >= 0.3 is 0 Å². The van der Waals surface area contributed by atoms with Crippen LogP contribution in [-0.4, -0.2) is 41.8 Å². The summed E-state index contributed by atoms with van der Waals surface area (Å²) in [5, 5.41) is 2.54. The van der Waals surface area contributed by atoms with Gasteiger partial charge in [0.1, 0.15) is 6.04 Å². The lowest BCUT2D eigenvalue weighted by atomic mass is 10.2. The molecule has 0 aromatic carbocycles. The highest BCUT2D eigenvalue weighted by atomic mass is 16.2. The summed E-state index contributed by atoms with van der Waals surface area (Å²) in [4.78, 5) is 35.6. The normalized spacial score (nSPS) is 19.5. The lowest BCUT2D eigenvalue weighted by molar-refractivity contribution is -0.138. The molecule has 1 atom stereocenters. The minimum Gasteiger partial charge on any atom is -0.368 e. The van der Waals surface area contributed by atoms with Gasteiger partial charge in [-0.1, -0.05) is 13.8 Å². The first-order valence-corrected chi connectivity index (χ1v) is 5.80. The van der Waals surface area contributed by atoms with Gasteiger partial charge in [-0.25, -0.2) is 0 Å². The van der Waals surface area contributed by atoms with E-state index in [0.717, 1.165) is 6.42 Å². The number of carbonyl (C=O) groups excluding carboxylic acids is 3. The second-order valence-corrected chi connectivity index (χ2v) is 4.52. The van der Waals surface area contributed by atoms with Crippen LogP contribution < -0.4 is 11.1 Å². The van der Waals surface area contributed by atoms with Gasteiger partial charge in [0.2, 0.25) is 17.7 Å². The van der Waals surface area contributed by atoms with Crippen LogP contribution in [0.5, 0.6) is 0 Å². The number of amides is 3. The largest absolute Gasteiger partial charge is 0.368 e. The van der Waals surface area contributed by atoms with Gasteiger partial charge in [-0.15, -0.1) is 0 Å². The zero-order valence-electron chi connectivity index (χ0n) is 10.2. The van der Waals surface area contributed by atoms with Crippen LogP contribution >= 0.6 is 0 Å². The molecule has 6 heteroatoms. The van der Waals surface area contributed by atoms with Crippen LogP contribution in [0, 0.1) is 5.92 Å². The second kappa shape index (κ2) is 5.65. The van der Waals surface area contributed by atoms with Crippen molar-refractivity contribution >= 4 is 17.7 Å². The number of hydrogen-bond acceptors (Lipinski definition) is 3. The minimum absolute atomic E-state index is 0.0687. The Hall–Kier alpha value is -1.59. The van der Waals surface area contributed by atoms with E-state index >= 15 is 0 Å². The van der Waals surface area contributed by atoms with Gasteiger partial charge in [0.25, 0.3) is 0 Å². The molecule has 0 aromatic rings. The molecule has 96 valence electrons. The van der Waals surface area contributed by atoms with Crippen molar-refractivity contribution in [3.63, 3.8) is 0 Å². The zero-order valence-corrected chi connectivity index (χ0v) is 10.2. The Labute approximate surface area is 101 Å². The lowest BCUT2D eigenvalue weighted by Gasteiger charge is -2.22. The highest BCUT2D eigenvalue weighted by molar-refractivity contribution is 5.90. The number of hydrogen-bond donors (Lipinski definition) is 2. The Balaban J connectivity index is 2.47. The van der Waals surface area contributed by atoms with E-state index in [-0.39, 0.29) is 24.3 Å². The summed E-state index contributed by atoms with van der Waals surface area (Å²) in [6.45, 7) is 3.97. The van der Waals surface area contributed by atoms with Gasteiger partial charge < -0.3 is 16.0 Å². The van der Waals surface area contributed by atoms with Gasteiger partial charge in [0.15, 0.2) is 0 Å². The average Bonchev–Trinajstić information content (AvgIpc) is 2.73. The Morgan fingerprint density at radius 2 is 2.06 bits per heavy atom. The number of carbonyl (C=O) groups is 3. The number of nitrogens with two attached hydrogens (primary N) is 1. The fourth-order valence-corrected chi connectivity index (χ4v) is 1.83. The van der Waals surface area contributed by atoms with Crippen LogP contribution in [0.15, 0.2) is 0 Å². The molecular formula is C11H19N3O3. The smallest absolute Gasteiger partial charge is 0.242 e. The van der Waals surface area contributed by atoms with Gasteiger partial charge in [-0.2, -0.15) is 0 Å². The number of likely N-dealkylation sites (tertiary alicyclic amines) is 1. The molecule has 1 fully saturated rings. The molecule has 0 radical (unpaired) electrons. The van der Waals surface area contributed by atoms with Gasteiger partial charge in [-0.3, -0.25) is 14.4 Å². The first kappa shape index (κ1) is 13.5. The highest BCUT2D eigenvalue weighted by Gasteiger charge is 2.32. The van der Waals surface area contributed by atoms with E-state index in [1.165, 1.54) is 4.90 Å². The fraction of sp³-hybridized carbons (Fsp3) is 0.727. The van der Waals surface area contributed by atoms with Crippen LogP contribution in [-0.2, 0) is 14.4 Å². The Morgan fingerprint density at radius 1 is 1.41 bits per heavy atom. The summed E-state index contributed by atoms with van der Waals surface area (Å²) in [6, 6.07) is -0.515. The van der Waals surface area contributed by atoms with Gasteiger partial charge in [0, 0.05) is 12.5 Å². The molecule has 1 unspecified atom stereocenters. The van der Waals surface area contributed by atoms with E-state index in [1.807, 2.05) is 0 Å². The highest BCUT2D eigenvalue weighted by Crippen LogP contribution is 2.16. The second-order valence-electron chi connectivity index (χ2n) is 4.52. The van der Waals surface area contributed by atoms with Crippen LogP contribution in [0.2, 0.25) is 0 Å². The van der Waals surface area contributed by atoms with E-state index in [4.69, 9.17) is 5.73 Å². The molecule has 17 heavy (non-hydrogen) atoms. The molecule has 1 aliphatic heterocycles. The monoisotopic (exact) mass is 241 g/mol. The Morgan fingerprint density at radius 3 is 2.59 bits per heavy atom. The standard InChI is InChI=1S/C11H19N3O3/c1-7(2)11(17)13-6-9(15)14-5-3-4-8(14)10(12)16/h7-8H,3-6H2,1-2H3,(H2,12,16)(H,13,17). The fourth-order valence-electron chi connectivity index (χ4n) is 1.83. The number of nitrogens with one attached hydrogen (secondary N) is 1. The van der Waals surface area contributed by atoms with Gasteiger partial charge in [-0.05, 0) is 12.8 Å². The Kier molecular flexibility index (Phi) is 4.48. The predicted octanol–water partition coefficient (Wildman–Crippen LogP) is -0.765. The average molecular weight is 241 g/mol.